The third-order valence-corrected chi connectivity index (χ3v) is 6.24. The molecule has 0 bridgehead atoms. The van der Waals surface area contributed by atoms with Gasteiger partial charge in [-0.25, -0.2) is 0 Å². The van der Waals surface area contributed by atoms with Gasteiger partial charge in [-0.1, -0.05) is 19.9 Å². The minimum absolute atomic E-state index is 0.213. The molecular weight excluding hydrogens is 328 g/mol. The quantitative estimate of drug-likeness (QED) is 0.616. The molecule has 0 radical (unpaired) electrons. The van der Waals surface area contributed by atoms with E-state index in [1.807, 2.05) is 13.8 Å². The molecule has 2 saturated heterocycles. The molecule has 2 fully saturated rings. The average molecular weight is 369 g/mol. The fourth-order valence-corrected chi connectivity index (χ4v) is 4.34. The van der Waals surface area contributed by atoms with Gasteiger partial charge in [0.2, 0.25) is 0 Å². The zero-order valence-corrected chi connectivity index (χ0v) is 17.2. The largest absolute Gasteiger partial charge is 0.396 e. The van der Waals surface area contributed by atoms with E-state index in [-0.39, 0.29) is 30.7 Å². The smallest absolute Gasteiger partial charge is 0.169 e. The van der Waals surface area contributed by atoms with E-state index in [0.29, 0.717) is 11.8 Å². The summed E-state index contributed by atoms with van der Waals surface area (Å²) >= 11 is 0. The predicted molar refractivity (Wildman–Crippen MR) is 105 cm³/mol. The first kappa shape index (κ1) is 21.9. The molecule has 4 heteroatoms. The second kappa shape index (κ2) is 10.2. The van der Waals surface area contributed by atoms with Crippen molar-refractivity contribution in [3.8, 4) is 0 Å². The number of aliphatic hydroxyl groups excluding tert-OH is 2. The SMILES string of the molecule is C/C(=C\[C@@H](C)CC[C@@H]1CCC[C@]2(CCC(C)[C@@H](CCCO)O2)O1)[C@H](C)O. The lowest BCUT2D eigenvalue weighted by Gasteiger charge is -2.48. The molecule has 2 aliphatic rings. The van der Waals surface area contributed by atoms with Crippen molar-refractivity contribution in [2.45, 2.75) is 110 Å². The van der Waals surface area contributed by atoms with Crippen LogP contribution in [0.15, 0.2) is 11.6 Å². The number of allylic oxidation sites excluding steroid dienone is 1. The van der Waals surface area contributed by atoms with Crippen LogP contribution in [0.1, 0.15) is 85.5 Å². The molecule has 26 heavy (non-hydrogen) atoms. The molecule has 2 heterocycles. The van der Waals surface area contributed by atoms with E-state index in [1.165, 1.54) is 6.42 Å². The molecule has 0 aliphatic carbocycles. The molecule has 2 rings (SSSR count). The Morgan fingerprint density at radius 1 is 1.19 bits per heavy atom. The van der Waals surface area contributed by atoms with Gasteiger partial charge in [0.15, 0.2) is 5.79 Å². The number of ether oxygens (including phenoxy) is 2. The van der Waals surface area contributed by atoms with Gasteiger partial charge >= 0.3 is 0 Å². The minimum Gasteiger partial charge on any atom is -0.396 e. The Balaban J connectivity index is 1.87. The van der Waals surface area contributed by atoms with Crippen molar-refractivity contribution in [2.75, 3.05) is 6.61 Å². The molecule has 0 aromatic carbocycles. The van der Waals surface area contributed by atoms with Crippen molar-refractivity contribution in [3.63, 3.8) is 0 Å². The lowest BCUT2D eigenvalue weighted by Crippen LogP contribution is -2.50. The van der Waals surface area contributed by atoms with Gasteiger partial charge in [-0.15, -0.1) is 0 Å². The second-order valence-electron chi connectivity index (χ2n) is 8.72. The zero-order valence-electron chi connectivity index (χ0n) is 17.2. The van der Waals surface area contributed by atoms with Crippen LogP contribution in [0.5, 0.6) is 0 Å². The van der Waals surface area contributed by atoms with Gasteiger partial charge in [0.25, 0.3) is 0 Å². The van der Waals surface area contributed by atoms with Crippen molar-refractivity contribution in [2.24, 2.45) is 11.8 Å². The van der Waals surface area contributed by atoms with Crippen molar-refractivity contribution < 1.29 is 19.7 Å². The highest BCUT2D eigenvalue weighted by Gasteiger charge is 2.44. The highest BCUT2D eigenvalue weighted by atomic mass is 16.7. The highest BCUT2D eigenvalue weighted by molar-refractivity contribution is 5.04. The summed E-state index contributed by atoms with van der Waals surface area (Å²) in [4.78, 5) is 0. The second-order valence-corrected chi connectivity index (χ2v) is 8.72. The fraction of sp³-hybridized carbons (Fsp3) is 0.909. The van der Waals surface area contributed by atoms with E-state index in [4.69, 9.17) is 14.6 Å². The molecule has 0 saturated carbocycles. The first-order valence-electron chi connectivity index (χ1n) is 10.7. The predicted octanol–water partition coefficient (Wildman–Crippen LogP) is 4.58. The van der Waals surface area contributed by atoms with Gasteiger partial charge in [-0.2, -0.15) is 0 Å². The van der Waals surface area contributed by atoms with Crippen LogP contribution in [0.3, 0.4) is 0 Å². The topological polar surface area (TPSA) is 58.9 Å². The molecule has 1 unspecified atom stereocenters. The molecule has 4 nitrogen and oxygen atoms in total. The van der Waals surface area contributed by atoms with Crippen LogP contribution in [0.25, 0.3) is 0 Å². The van der Waals surface area contributed by atoms with Crippen LogP contribution in [-0.4, -0.2) is 40.9 Å². The summed E-state index contributed by atoms with van der Waals surface area (Å²) in [7, 11) is 0. The van der Waals surface area contributed by atoms with Crippen molar-refractivity contribution in [3.05, 3.63) is 11.6 Å². The Kier molecular flexibility index (Phi) is 8.59. The molecular formula is C22H40O4. The molecule has 0 amide bonds. The van der Waals surface area contributed by atoms with Crippen LogP contribution in [0.4, 0.5) is 0 Å². The molecule has 2 aliphatic heterocycles. The molecule has 0 aromatic heterocycles. The van der Waals surface area contributed by atoms with Crippen LogP contribution in [0.2, 0.25) is 0 Å². The third-order valence-electron chi connectivity index (χ3n) is 6.24. The summed E-state index contributed by atoms with van der Waals surface area (Å²) < 4.78 is 13.0. The summed E-state index contributed by atoms with van der Waals surface area (Å²) in [5.41, 5.74) is 1.05. The monoisotopic (exact) mass is 368 g/mol. The number of rotatable bonds is 8. The maximum absolute atomic E-state index is 9.64. The Morgan fingerprint density at radius 3 is 2.65 bits per heavy atom. The van der Waals surface area contributed by atoms with E-state index in [9.17, 15) is 5.11 Å². The summed E-state index contributed by atoms with van der Waals surface area (Å²) in [5, 5.41) is 18.8. The first-order valence-corrected chi connectivity index (χ1v) is 10.7. The molecule has 6 atom stereocenters. The Bertz CT molecular complexity index is 447. The van der Waals surface area contributed by atoms with E-state index < -0.39 is 0 Å². The van der Waals surface area contributed by atoms with Gasteiger partial charge in [-0.05, 0) is 76.2 Å². The van der Waals surface area contributed by atoms with Crippen LogP contribution in [-0.2, 0) is 9.47 Å². The lowest BCUT2D eigenvalue weighted by molar-refractivity contribution is -0.324. The number of hydrogen-bond donors (Lipinski definition) is 2. The molecule has 1 spiro atoms. The van der Waals surface area contributed by atoms with E-state index >= 15 is 0 Å². The zero-order chi connectivity index (χ0) is 19.2. The van der Waals surface area contributed by atoms with Crippen molar-refractivity contribution >= 4 is 0 Å². The maximum Gasteiger partial charge on any atom is 0.169 e. The summed E-state index contributed by atoms with van der Waals surface area (Å²) in [6.07, 6.45) is 11.6. The van der Waals surface area contributed by atoms with Crippen molar-refractivity contribution in [1.82, 2.24) is 0 Å². The van der Waals surface area contributed by atoms with Gasteiger partial charge in [0.1, 0.15) is 0 Å². The fourth-order valence-electron chi connectivity index (χ4n) is 4.34. The molecule has 2 N–H and O–H groups in total. The van der Waals surface area contributed by atoms with Crippen LogP contribution < -0.4 is 0 Å². The molecule has 0 aromatic rings. The van der Waals surface area contributed by atoms with Gasteiger partial charge in [-0.3, -0.25) is 0 Å². The Morgan fingerprint density at radius 2 is 1.96 bits per heavy atom. The first-order chi connectivity index (χ1) is 12.3. The Hall–Kier alpha value is -0.420. The summed E-state index contributed by atoms with van der Waals surface area (Å²) in [6.45, 7) is 8.53. The van der Waals surface area contributed by atoms with Gasteiger partial charge in [0.05, 0.1) is 18.3 Å². The Labute approximate surface area is 160 Å². The van der Waals surface area contributed by atoms with Gasteiger partial charge < -0.3 is 19.7 Å². The van der Waals surface area contributed by atoms with E-state index in [2.05, 4.69) is 19.9 Å². The standard InChI is InChI=1S/C22H40O4/c1-16(15-18(3)19(4)24)9-10-20-7-5-12-22(25-20)13-11-17(2)21(26-22)8-6-14-23/h15-17,19-21,23-24H,5-14H2,1-4H3/b18-15+/t16-,17?,19-,20-,21+,22-/m0/s1. The van der Waals surface area contributed by atoms with Gasteiger partial charge in [0, 0.05) is 19.4 Å². The van der Waals surface area contributed by atoms with Crippen molar-refractivity contribution in [1.29, 1.82) is 0 Å². The maximum atomic E-state index is 9.64. The normalized spacial score (nSPS) is 35.5. The van der Waals surface area contributed by atoms with Crippen LogP contribution in [0, 0.1) is 11.8 Å². The average Bonchev–Trinajstić information content (AvgIpc) is 2.61. The summed E-state index contributed by atoms with van der Waals surface area (Å²) in [5.74, 6) is 0.616. The molecule has 152 valence electrons. The minimum atomic E-state index is -0.385. The van der Waals surface area contributed by atoms with E-state index in [1.54, 1.807) is 0 Å². The third kappa shape index (κ3) is 6.33. The number of aliphatic hydroxyl groups is 2. The summed E-state index contributed by atoms with van der Waals surface area (Å²) in [6, 6.07) is 0. The number of hydrogen-bond acceptors (Lipinski definition) is 4. The highest BCUT2D eigenvalue weighted by Crippen LogP contribution is 2.42. The lowest BCUT2D eigenvalue weighted by atomic mass is 9.85. The van der Waals surface area contributed by atoms with Crippen LogP contribution >= 0.6 is 0 Å². The van der Waals surface area contributed by atoms with E-state index in [0.717, 1.165) is 56.9 Å².